The summed E-state index contributed by atoms with van der Waals surface area (Å²) in [6.45, 7) is 2.78. The number of aliphatic hydroxyl groups excluding tert-OH is 1. The van der Waals surface area contributed by atoms with E-state index >= 15 is 0 Å². The summed E-state index contributed by atoms with van der Waals surface area (Å²) in [5.41, 5.74) is 1.61. The molecule has 0 radical (unpaired) electrons. The fourth-order valence-corrected chi connectivity index (χ4v) is 2.46. The van der Waals surface area contributed by atoms with Crippen LogP contribution in [0.3, 0.4) is 0 Å². The van der Waals surface area contributed by atoms with E-state index in [9.17, 15) is 9.90 Å². The first kappa shape index (κ1) is 12.9. The maximum absolute atomic E-state index is 12.5. The molecule has 0 fully saturated rings. The van der Waals surface area contributed by atoms with Crippen LogP contribution >= 0.6 is 0 Å². The molecule has 3 rings (SSSR count). The second kappa shape index (κ2) is 5.09. The van der Waals surface area contributed by atoms with Crippen molar-refractivity contribution in [3.63, 3.8) is 0 Å². The van der Waals surface area contributed by atoms with Crippen LogP contribution in [0.15, 0.2) is 22.9 Å². The average Bonchev–Trinajstić information content (AvgIpc) is 3.03. The Bertz CT molecular complexity index is 619. The lowest BCUT2D eigenvalue weighted by atomic mass is 10.1. The topological polar surface area (TPSA) is 84.4 Å². The third-order valence-corrected chi connectivity index (χ3v) is 3.56. The van der Waals surface area contributed by atoms with E-state index in [-0.39, 0.29) is 24.3 Å². The second-order valence-corrected chi connectivity index (χ2v) is 4.94. The van der Waals surface area contributed by atoms with Crippen molar-refractivity contribution in [2.45, 2.75) is 32.5 Å². The van der Waals surface area contributed by atoms with Crippen LogP contribution in [0.25, 0.3) is 0 Å². The summed E-state index contributed by atoms with van der Waals surface area (Å²) in [6, 6.07) is 3.25. The molecule has 20 heavy (non-hydrogen) atoms. The highest BCUT2D eigenvalue weighted by Gasteiger charge is 2.30. The zero-order chi connectivity index (χ0) is 14.1. The standard InChI is InChI=1S/C13H16N4O3/c1-9-6-12(20-15-9)13(19)16-7-10-2-4-14-17(10)5-3-11(16)8-18/h2,4,6,11,18H,3,5,7-8H2,1H3. The van der Waals surface area contributed by atoms with E-state index in [0.717, 1.165) is 5.69 Å². The largest absolute Gasteiger partial charge is 0.394 e. The van der Waals surface area contributed by atoms with E-state index in [1.807, 2.05) is 10.7 Å². The first-order valence-electron chi connectivity index (χ1n) is 6.55. The molecule has 0 saturated carbocycles. The Hall–Kier alpha value is -2.15. The Kier molecular flexibility index (Phi) is 3.27. The van der Waals surface area contributed by atoms with Crippen LogP contribution in [0.5, 0.6) is 0 Å². The molecule has 1 aliphatic heterocycles. The minimum absolute atomic E-state index is 0.0797. The fourth-order valence-electron chi connectivity index (χ4n) is 2.46. The minimum atomic E-state index is -0.251. The Morgan fingerprint density at radius 2 is 2.45 bits per heavy atom. The molecule has 7 nitrogen and oxygen atoms in total. The number of aliphatic hydroxyl groups is 1. The van der Waals surface area contributed by atoms with Crippen LogP contribution < -0.4 is 0 Å². The Morgan fingerprint density at radius 1 is 1.60 bits per heavy atom. The first-order chi connectivity index (χ1) is 9.69. The number of nitrogens with zero attached hydrogens (tertiary/aromatic N) is 4. The molecular weight excluding hydrogens is 260 g/mol. The number of hydrogen-bond donors (Lipinski definition) is 1. The Balaban J connectivity index is 1.90. The normalized spacial score (nSPS) is 18.7. The zero-order valence-electron chi connectivity index (χ0n) is 11.2. The van der Waals surface area contributed by atoms with Gasteiger partial charge in [0.2, 0.25) is 5.76 Å². The fraction of sp³-hybridized carbons (Fsp3) is 0.462. The van der Waals surface area contributed by atoms with Crippen LogP contribution in [0.1, 0.15) is 28.4 Å². The number of aryl methyl sites for hydroxylation is 2. The van der Waals surface area contributed by atoms with Crippen LogP contribution in [-0.2, 0) is 13.1 Å². The summed E-state index contributed by atoms with van der Waals surface area (Å²) in [5.74, 6) is -0.0479. The summed E-state index contributed by atoms with van der Waals surface area (Å²) in [7, 11) is 0. The molecule has 1 amide bonds. The number of rotatable bonds is 2. The van der Waals surface area contributed by atoms with Gasteiger partial charge in [-0.1, -0.05) is 5.16 Å². The quantitative estimate of drug-likeness (QED) is 0.867. The molecule has 0 bridgehead atoms. The molecule has 0 saturated heterocycles. The smallest absolute Gasteiger partial charge is 0.293 e. The van der Waals surface area contributed by atoms with E-state index in [4.69, 9.17) is 4.52 Å². The molecule has 1 N–H and O–H groups in total. The lowest BCUT2D eigenvalue weighted by molar-refractivity contribution is 0.0528. The highest BCUT2D eigenvalue weighted by molar-refractivity contribution is 5.91. The van der Waals surface area contributed by atoms with Crippen LogP contribution in [0.4, 0.5) is 0 Å². The summed E-state index contributed by atoms with van der Waals surface area (Å²) in [4.78, 5) is 14.1. The lowest BCUT2D eigenvalue weighted by Gasteiger charge is -2.27. The SMILES string of the molecule is Cc1cc(C(=O)N2Cc3ccnn3CCC2CO)on1. The van der Waals surface area contributed by atoms with Gasteiger partial charge in [0.05, 0.1) is 30.6 Å². The monoisotopic (exact) mass is 276 g/mol. The summed E-state index contributed by atoms with van der Waals surface area (Å²) >= 11 is 0. The van der Waals surface area contributed by atoms with Crippen LogP contribution in [-0.4, -0.2) is 43.5 Å². The van der Waals surface area contributed by atoms with Crippen molar-refractivity contribution in [1.82, 2.24) is 19.8 Å². The van der Waals surface area contributed by atoms with Crippen LogP contribution in [0, 0.1) is 6.92 Å². The Morgan fingerprint density at radius 3 is 3.15 bits per heavy atom. The highest BCUT2D eigenvalue weighted by Crippen LogP contribution is 2.20. The van der Waals surface area contributed by atoms with Crippen molar-refractivity contribution >= 4 is 5.91 Å². The van der Waals surface area contributed by atoms with E-state index in [0.29, 0.717) is 25.2 Å². The number of carbonyl (C=O) groups is 1. The highest BCUT2D eigenvalue weighted by atomic mass is 16.5. The summed E-state index contributed by atoms with van der Waals surface area (Å²) < 4.78 is 6.90. The van der Waals surface area contributed by atoms with E-state index in [1.165, 1.54) is 0 Å². The van der Waals surface area contributed by atoms with Gasteiger partial charge in [0.1, 0.15) is 0 Å². The predicted octanol–water partition coefficient (Wildman–Crippen LogP) is 0.587. The molecule has 1 atom stereocenters. The number of fused-ring (bicyclic) bond motifs is 1. The third-order valence-electron chi connectivity index (χ3n) is 3.56. The van der Waals surface area contributed by atoms with Crippen molar-refractivity contribution < 1.29 is 14.4 Å². The van der Waals surface area contributed by atoms with Crippen molar-refractivity contribution in [3.8, 4) is 0 Å². The van der Waals surface area contributed by atoms with Crippen molar-refractivity contribution in [2.24, 2.45) is 0 Å². The van der Waals surface area contributed by atoms with Gasteiger partial charge in [-0.05, 0) is 19.4 Å². The second-order valence-electron chi connectivity index (χ2n) is 4.94. The zero-order valence-corrected chi connectivity index (χ0v) is 11.2. The van der Waals surface area contributed by atoms with Gasteiger partial charge in [-0.15, -0.1) is 0 Å². The minimum Gasteiger partial charge on any atom is -0.394 e. The maximum Gasteiger partial charge on any atom is 0.293 e. The Labute approximate surface area is 115 Å². The molecule has 2 aromatic rings. The van der Waals surface area contributed by atoms with Gasteiger partial charge in [0.15, 0.2) is 0 Å². The summed E-state index contributed by atoms with van der Waals surface area (Å²) in [6.07, 6.45) is 2.37. The molecule has 0 aromatic carbocycles. The lowest BCUT2D eigenvalue weighted by Crippen LogP contribution is -2.41. The number of amides is 1. The molecule has 2 aromatic heterocycles. The van der Waals surface area contributed by atoms with Crippen LogP contribution in [0.2, 0.25) is 0 Å². The number of carbonyl (C=O) groups excluding carboxylic acids is 1. The van der Waals surface area contributed by atoms with Gasteiger partial charge in [-0.25, -0.2) is 0 Å². The summed E-state index contributed by atoms with van der Waals surface area (Å²) in [5, 5.41) is 17.5. The number of aromatic nitrogens is 3. The molecule has 1 aliphatic rings. The average molecular weight is 276 g/mol. The van der Waals surface area contributed by atoms with E-state index in [1.54, 1.807) is 24.1 Å². The van der Waals surface area contributed by atoms with Crippen molar-refractivity contribution in [2.75, 3.05) is 6.61 Å². The first-order valence-corrected chi connectivity index (χ1v) is 6.55. The van der Waals surface area contributed by atoms with E-state index < -0.39 is 0 Å². The molecular formula is C13H16N4O3. The van der Waals surface area contributed by atoms with Gasteiger partial charge in [-0.3, -0.25) is 9.48 Å². The molecule has 1 unspecified atom stereocenters. The van der Waals surface area contributed by atoms with Gasteiger partial charge in [0.25, 0.3) is 5.91 Å². The van der Waals surface area contributed by atoms with Gasteiger partial charge < -0.3 is 14.5 Å². The number of hydrogen-bond acceptors (Lipinski definition) is 5. The molecule has 3 heterocycles. The van der Waals surface area contributed by atoms with Crippen molar-refractivity contribution in [1.29, 1.82) is 0 Å². The molecule has 7 heteroatoms. The molecule has 0 spiro atoms. The molecule has 0 aliphatic carbocycles. The molecule has 106 valence electrons. The van der Waals surface area contributed by atoms with Crippen molar-refractivity contribution in [3.05, 3.63) is 35.5 Å². The third kappa shape index (κ3) is 2.20. The van der Waals surface area contributed by atoms with Gasteiger partial charge in [0, 0.05) is 18.8 Å². The van der Waals surface area contributed by atoms with Gasteiger partial charge in [-0.2, -0.15) is 5.10 Å². The predicted molar refractivity (Wildman–Crippen MR) is 68.8 cm³/mol. The van der Waals surface area contributed by atoms with E-state index in [2.05, 4.69) is 10.3 Å². The van der Waals surface area contributed by atoms with Gasteiger partial charge >= 0.3 is 0 Å². The maximum atomic E-state index is 12.5.